The normalized spacial score (nSPS) is 17.2. The predicted molar refractivity (Wildman–Crippen MR) is 84.4 cm³/mol. The van der Waals surface area contributed by atoms with Crippen molar-refractivity contribution in [3.63, 3.8) is 0 Å². The Morgan fingerprint density at radius 3 is 3.00 bits per heavy atom. The van der Waals surface area contributed by atoms with E-state index in [-0.39, 0.29) is 30.6 Å². The second-order valence-electron chi connectivity index (χ2n) is 5.06. The molecule has 0 aromatic heterocycles. The number of nitro benzene ring substituents is 1. The average Bonchev–Trinajstić information content (AvgIpc) is 2.52. The van der Waals surface area contributed by atoms with Gasteiger partial charge in [-0.25, -0.2) is 0 Å². The van der Waals surface area contributed by atoms with Gasteiger partial charge in [0.15, 0.2) is 6.61 Å². The zero-order chi connectivity index (χ0) is 15.1. The SMILES string of the molecule is Cl.O=C(COc1cccc([N+](=O)[O-])c1)NCC1CCCNC1. The van der Waals surface area contributed by atoms with Crippen LogP contribution in [-0.4, -0.2) is 37.1 Å². The summed E-state index contributed by atoms with van der Waals surface area (Å²) in [6.45, 7) is 2.46. The van der Waals surface area contributed by atoms with Crippen molar-refractivity contribution in [2.45, 2.75) is 12.8 Å². The van der Waals surface area contributed by atoms with Crippen LogP contribution in [0.1, 0.15) is 12.8 Å². The van der Waals surface area contributed by atoms with Crippen LogP contribution < -0.4 is 15.4 Å². The zero-order valence-electron chi connectivity index (χ0n) is 12.1. The maximum atomic E-state index is 11.7. The number of nitro groups is 1. The Morgan fingerprint density at radius 1 is 1.50 bits per heavy atom. The summed E-state index contributed by atoms with van der Waals surface area (Å²) in [6.07, 6.45) is 2.24. The molecule has 1 aliphatic heterocycles. The number of non-ortho nitro benzene ring substituents is 1. The van der Waals surface area contributed by atoms with E-state index in [2.05, 4.69) is 10.6 Å². The summed E-state index contributed by atoms with van der Waals surface area (Å²) in [5, 5.41) is 16.7. The van der Waals surface area contributed by atoms with E-state index in [1.54, 1.807) is 6.07 Å². The average molecular weight is 330 g/mol. The first-order chi connectivity index (χ1) is 10.1. The van der Waals surface area contributed by atoms with Gasteiger partial charge in [-0.1, -0.05) is 6.07 Å². The minimum Gasteiger partial charge on any atom is -0.484 e. The van der Waals surface area contributed by atoms with Crippen LogP contribution in [-0.2, 0) is 4.79 Å². The van der Waals surface area contributed by atoms with E-state index in [1.165, 1.54) is 18.2 Å². The lowest BCUT2D eigenvalue weighted by molar-refractivity contribution is -0.384. The molecule has 8 heteroatoms. The molecule has 1 aromatic rings. The number of amides is 1. The Kier molecular flexibility index (Phi) is 7.62. The molecule has 1 fully saturated rings. The number of nitrogens with one attached hydrogen (secondary N) is 2. The van der Waals surface area contributed by atoms with E-state index in [4.69, 9.17) is 4.74 Å². The van der Waals surface area contributed by atoms with Crippen molar-refractivity contribution in [1.82, 2.24) is 10.6 Å². The van der Waals surface area contributed by atoms with E-state index >= 15 is 0 Å². The van der Waals surface area contributed by atoms with Crippen LogP contribution in [0.3, 0.4) is 0 Å². The number of piperidine rings is 1. The van der Waals surface area contributed by atoms with Crippen LogP contribution in [0.2, 0.25) is 0 Å². The van der Waals surface area contributed by atoms with Crippen LogP contribution in [0, 0.1) is 16.0 Å². The van der Waals surface area contributed by atoms with Crippen LogP contribution in [0.5, 0.6) is 5.75 Å². The topological polar surface area (TPSA) is 93.5 Å². The number of nitrogens with zero attached hydrogens (tertiary/aromatic N) is 1. The maximum absolute atomic E-state index is 11.7. The fourth-order valence-corrected chi connectivity index (χ4v) is 2.24. The fraction of sp³-hybridized carbons (Fsp3) is 0.500. The van der Waals surface area contributed by atoms with E-state index in [0.29, 0.717) is 18.2 Å². The van der Waals surface area contributed by atoms with Crippen LogP contribution >= 0.6 is 12.4 Å². The third-order valence-corrected chi connectivity index (χ3v) is 3.39. The molecule has 0 spiro atoms. The molecule has 2 N–H and O–H groups in total. The summed E-state index contributed by atoms with van der Waals surface area (Å²) in [5.41, 5.74) is -0.0545. The molecule has 122 valence electrons. The minimum atomic E-state index is -0.497. The number of halogens is 1. The van der Waals surface area contributed by atoms with Gasteiger partial charge in [0.05, 0.1) is 11.0 Å². The van der Waals surface area contributed by atoms with Crippen LogP contribution in [0.4, 0.5) is 5.69 Å². The lowest BCUT2D eigenvalue weighted by atomic mass is 10.00. The largest absolute Gasteiger partial charge is 0.484 e. The van der Waals surface area contributed by atoms with Gasteiger partial charge >= 0.3 is 0 Å². The molecule has 2 rings (SSSR count). The Hall–Kier alpha value is -1.86. The summed E-state index contributed by atoms with van der Waals surface area (Å²) < 4.78 is 5.27. The molecule has 1 aromatic carbocycles. The summed E-state index contributed by atoms with van der Waals surface area (Å²) >= 11 is 0. The van der Waals surface area contributed by atoms with Gasteiger partial charge in [0.25, 0.3) is 11.6 Å². The molecule has 0 radical (unpaired) electrons. The van der Waals surface area contributed by atoms with Gasteiger partial charge in [-0.05, 0) is 37.9 Å². The highest BCUT2D eigenvalue weighted by Gasteiger charge is 2.14. The first-order valence-electron chi connectivity index (χ1n) is 7.00. The molecule has 1 unspecified atom stereocenters. The molecule has 0 bridgehead atoms. The molecule has 1 amide bonds. The number of hydrogen-bond donors (Lipinski definition) is 2. The molecule has 0 saturated carbocycles. The van der Waals surface area contributed by atoms with Crippen LogP contribution in [0.15, 0.2) is 24.3 Å². The number of benzene rings is 1. The Morgan fingerprint density at radius 2 is 2.32 bits per heavy atom. The number of rotatable bonds is 6. The molecule has 1 atom stereocenters. The third-order valence-electron chi connectivity index (χ3n) is 3.39. The van der Waals surface area contributed by atoms with Crippen molar-refractivity contribution in [3.8, 4) is 5.75 Å². The molecule has 1 saturated heterocycles. The molecule has 0 aliphatic carbocycles. The number of hydrogen-bond acceptors (Lipinski definition) is 5. The van der Waals surface area contributed by atoms with Gasteiger partial charge < -0.3 is 15.4 Å². The van der Waals surface area contributed by atoms with E-state index in [9.17, 15) is 14.9 Å². The van der Waals surface area contributed by atoms with Crippen LogP contribution in [0.25, 0.3) is 0 Å². The standard InChI is InChI=1S/C14H19N3O4.ClH/c18-14(16-9-11-3-2-6-15-8-11)10-21-13-5-1-4-12(7-13)17(19)20;/h1,4-5,7,11,15H,2-3,6,8-10H2,(H,16,18);1H. The van der Waals surface area contributed by atoms with E-state index in [1.807, 2.05) is 0 Å². The molecule has 1 aliphatic rings. The summed E-state index contributed by atoms with van der Waals surface area (Å²) in [6, 6.07) is 5.80. The first-order valence-corrected chi connectivity index (χ1v) is 7.00. The molecule has 1 heterocycles. The van der Waals surface area contributed by atoms with Crippen molar-refractivity contribution in [1.29, 1.82) is 0 Å². The zero-order valence-corrected chi connectivity index (χ0v) is 12.9. The van der Waals surface area contributed by atoms with Crippen molar-refractivity contribution in [2.75, 3.05) is 26.2 Å². The molecular formula is C14H20ClN3O4. The van der Waals surface area contributed by atoms with Gasteiger partial charge in [-0.3, -0.25) is 14.9 Å². The number of carbonyl (C=O) groups excluding carboxylic acids is 1. The monoisotopic (exact) mass is 329 g/mol. The first kappa shape index (κ1) is 18.2. The second-order valence-corrected chi connectivity index (χ2v) is 5.06. The van der Waals surface area contributed by atoms with Crippen molar-refractivity contribution in [3.05, 3.63) is 34.4 Å². The Balaban J connectivity index is 0.00000242. The third kappa shape index (κ3) is 5.87. The highest BCUT2D eigenvalue weighted by Crippen LogP contribution is 2.18. The molecular weight excluding hydrogens is 310 g/mol. The fourth-order valence-electron chi connectivity index (χ4n) is 2.24. The van der Waals surface area contributed by atoms with Gasteiger partial charge in [0.1, 0.15) is 5.75 Å². The summed E-state index contributed by atoms with van der Waals surface area (Å²) in [4.78, 5) is 21.8. The number of ether oxygens (including phenoxy) is 1. The van der Waals surface area contributed by atoms with Crippen molar-refractivity contribution in [2.24, 2.45) is 5.92 Å². The molecule has 7 nitrogen and oxygen atoms in total. The van der Waals surface area contributed by atoms with E-state index < -0.39 is 4.92 Å². The minimum absolute atomic E-state index is 0. The lowest BCUT2D eigenvalue weighted by Crippen LogP contribution is -2.39. The highest BCUT2D eigenvalue weighted by atomic mass is 35.5. The Bertz CT molecular complexity index is 507. The molecule has 22 heavy (non-hydrogen) atoms. The summed E-state index contributed by atoms with van der Waals surface area (Å²) in [5.74, 6) is 0.561. The second kappa shape index (κ2) is 9.22. The van der Waals surface area contributed by atoms with Gasteiger partial charge in [0, 0.05) is 12.6 Å². The quantitative estimate of drug-likeness (QED) is 0.609. The van der Waals surface area contributed by atoms with Crippen molar-refractivity contribution < 1.29 is 14.5 Å². The number of carbonyl (C=O) groups is 1. The summed E-state index contributed by atoms with van der Waals surface area (Å²) in [7, 11) is 0. The van der Waals surface area contributed by atoms with Gasteiger partial charge in [-0.2, -0.15) is 0 Å². The lowest BCUT2D eigenvalue weighted by Gasteiger charge is -2.22. The van der Waals surface area contributed by atoms with Crippen molar-refractivity contribution >= 4 is 24.0 Å². The van der Waals surface area contributed by atoms with Gasteiger partial charge in [-0.15, -0.1) is 12.4 Å². The predicted octanol–water partition coefficient (Wildman–Crippen LogP) is 1.51. The van der Waals surface area contributed by atoms with Gasteiger partial charge in [0.2, 0.25) is 0 Å². The van der Waals surface area contributed by atoms with E-state index in [0.717, 1.165) is 25.9 Å². The highest BCUT2D eigenvalue weighted by molar-refractivity contribution is 5.85. The maximum Gasteiger partial charge on any atom is 0.273 e. The smallest absolute Gasteiger partial charge is 0.273 e. The Labute approximate surface area is 135 Å².